The average Bonchev–Trinajstić information content (AvgIpc) is 2.93. The van der Waals surface area contributed by atoms with E-state index in [1.54, 1.807) is 7.11 Å². The average molecular weight is 264 g/mol. The van der Waals surface area contributed by atoms with E-state index < -0.39 is 6.10 Å². The Bertz CT molecular complexity index is 408. The van der Waals surface area contributed by atoms with Crippen molar-refractivity contribution < 1.29 is 9.84 Å². The van der Waals surface area contributed by atoms with E-state index in [0.29, 0.717) is 18.4 Å². The normalized spacial score (nSPS) is 23.7. The van der Waals surface area contributed by atoms with Gasteiger partial charge in [-0.25, -0.2) is 0 Å². The monoisotopic (exact) mass is 264 g/mol. The molecule has 3 rings (SSSR count). The van der Waals surface area contributed by atoms with Crippen molar-refractivity contribution in [2.24, 2.45) is 5.92 Å². The molecule has 0 bridgehead atoms. The Hall–Kier alpha value is -0.870. The maximum absolute atomic E-state index is 10.3. The highest BCUT2D eigenvalue weighted by molar-refractivity contribution is 5.03. The van der Waals surface area contributed by atoms with E-state index in [2.05, 4.69) is 16.0 Å². The zero-order valence-electron chi connectivity index (χ0n) is 11.7. The van der Waals surface area contributed by atoms with Crippen molar-refractivity contribution in [3.05, 3.63) is 18.0 Å². The van der Waals surface area contributed by atoms with Crippen molar-refractivity contribution in [1.29, 1.82) is 0 Å². The summed E-state index contributed by atoms with van der Waals surface area (Å²) in [6.45, 7) is 0. The van der Waals surface area contributed by atoms with Gasteiger partial charge in [0.2, 0.25) is 0 Å². The van der Waals surface area contributed by atoms with E-state index in [4.69, 9.17) is 4.74 Å². The van der Waals surface area contributed by atoms with Crippen LogP contribution in [0.3, 0.4) is 0 Å². The standard InChI is InChI=1S/C15H24N2O2/c1-19-15(11-6-7-11)14(18)10-12-8-9-17(16-12)13-4-2-3-5-13/h8-9,11,13-15,18H,2-7,10H2,1H3. The van der Waals surface area contributed by atoms with E-state index >= 15 is 0 Å². The van der Waals surface area contributed by atoms with Crippen molar-refractivity contribution in [3.63, 3.8) is 0 Å². The Kier molecular flexibility index (Phi) is 3.89. The molecular weight excluding hydrogens is 240 g/mol. The predicted molar refractivity (Wildman–Crippen MR) is 73.0 cm³/mol. The zero-order valence-corrected chi connectivity index (χ0v) is 11.7. The molecule has 2 saturated carbocycles. The molecule has 2 unspecified atom stereocenters. The fourth-order valence-electron chi connectivity index (χ4n) is 3.28. The summed E-state index contributed by atoms with van der Waals surface area (Å²) in [6, 6.07) is 2.62. The third-order valence-corrected chi connectivity index (χ3v) is 4.52. The summed E-state index contributed by atoms with van der Waals surface area (Å²) in [6.07, 6.45) is 9.72. The molecule has 2 atom stereocenters. The van der Waals surface area contributed by atoms with E-state index in [-0.39, 0.29) is 6.10 Å². The molecule has 2 fully saturated rings. The summed E-state index contributed by atoms with van der Waals surface area (Å²) in [4.78, 5) is 0. The first-order chi connectivity index (χ1) is 9.28. The highest BCUT2D eigenvalue weighted by Gasteiger charge is 2.36. The molecule has 4 nitrogen and oxygen atoms in total. The first kappa shape index (κ1) is 13.1. The molecule has 0 radical (unpaired) electrons. The predicted octanol–water partition coefficient (Wildman–Crippen LogP) is 2.33. The number of aromatic nitrogens is 2. The van der Waals surface area contributed by atoms with Crippen molar-refractivity contribution in [2.75, 3.05) is 7.11 Å². The van der Waals surface area contributed by atoms with Crippen LogP contribution in [0.25, 0.3) is 0 Å². The van der Waals surface area contributed by atoms with Crippen molar-refractivity contribution in [3.8, 4) is 0 Å². The molecular formula is C15H24N2O2. The molecule has 0 saturated heterocycles. The molecule has 1 N–H and O–H groups in total. The molecule has 0 amide bonds. The first-order valence-corrected chi connectivity index (χ1v) is 7.53. The molecule has 1 heterocycles. The maximum atomic E-state index is 10.3. The lowest BCUT2D eigenvalue weighted by atomic mass is 10.0. The van der Waals surface area contributed by atoms with Gasteiger partial charge in [0.15, 0.2) is 0 Å². The number of methoxy groups -OCH3 is 1. The Morgan fingerprint density at radius 1 is 1.37 bits per heavy atom. The van der Waals surface area contributed by atoms with Gasteiger partial charge >= 0.3 is 0 Å². The smallest absolute Gasteiger partial charge is 0.0862 e. The van der Waals surface area contributed by atoms with Crippen LogP contribution in [0.2, 0.25) is 0 Å². The lowest BCUT2D eigenvalue weighted by Crippen LogP contribution is -2.32. The second-order valence-electron chi connectivity index (χ2n) is 6.03. The minimum Gasteiger partial charge on any atom is -0.390 e. The molecule has 4 heteroatoms. The van der Waals surface area contributed by atoms with Crippen LogP contribution >= 0.6 is 0 Å². The Labute approximate surface area is 114 Å². The fourth-order valence-corrected chi connectivity index (χ4v) is 3.28. The first-order valence-electron chi connectivity index (χ1n) is 7.53. The molecule has 0 spiro atoms. The van der Waals surface area contributed by atoms with Gasteiger partial charge in [-0.2, -0.15) is 5.10 Å². The van der Waals surface area contributed by atoms with Gasteiger partial charge in [0, 0.05) is 19.7 Å². The van der Waals surface area contributed by atoms with Crippen LogP contribution in [0, 0.1) is 5.92 Å². The summed E-state index contributed by atoms with van der Waals surface area (Å²) >= 11 is 0. The van der Waals surface area contributed by atoms with Crippen LogP contribution in [0.1, 0.15) is 50.3 Å². The highest BCUT2D eigenvalue weighted by Crippen LogP contribution is 2.36. The van der Waals surface area contributed by atoms with Crippen LogP contribution in [-0.2, 0) is 11.2 Å². The van der Waals surface area contributed by atoms with Gasteiger partial charge in [0.25, 0.3) is 0 Å². The second-order valence-corrected chi connectivity index (χ2v) is 6.03. The molecule has 0 aromatic carbocycles. The number of nitrogens with zero attached hydrogens (tertiary/aromatic N) is 2. The quantitative estimate of drug-likeness (QED) is 0.858. The SMILES string of the molecule is COC(C(O)Cc1ccn(C2CCCC2)n1)C1CC1. The third-order valence-electron chi connectivity index (χ3n) is 4.52. The van der Waals surface area contributed by atoms with Crippen LogP contribution < -0.4 is 0 Å². The highest BCUT2D eigenvalue weighted by atomic mass is 16.5. The summed E-state index contributed by atoms with van der Waals surface area (Å²) in [5.41, 5.74) is 0.988. The van der Waals surface area contributed by atoms with Gasteiger partial charge in [-0.1, -0.05) is 12.8 Å². The number of hydrogen-bond donors (Lipinski definition) is 1. The lowest BCUT2D eigenvalue weighted by Gasteiger charge is -2.20. The van der Waals surface area contributed by atoms with E-state index in [9.17, 15) is 5.11 Å². The van der Waals surface area contributed by atoms with E-state index in [1.807, 2.05) is 6.07 Å². The maximum Gasteiger partial charge on any atom is 0.0862 e. The second kappa shape index (κ2) is 5.63. The third kappa shape index (κ3) is 3.00. The number of hydrogen-bond acceptors (Lipinski definition) is 3. The van der Waals surface area contributed by atoms with Gasteiger partial charge in [-0.3, -0.25) is 4.68 Å². The molecule has 19 heavy (non-hydrogen) atoms. The summed E-state index contributed by atoms with van der Waals surface area (Å²) in [7, 11) is 1.70. The van der Waals surface area contributed by atoms with Gasteiger partial charge in [-0.05, 0) is 37.7 Å². The molecule has 2 aliphatic rings. The van der Waals surface area contributed by atoms with Crippen molar-refractivity contribution in [1.82, 2.24) is 9.78 Å². The molecule has 1 aromatic heterocycles. The van der Waals surface area contributed by atoms with Crippen molar-refractivity contribution in [2.45, 2.75) is 63.2 Å². The van der Waals surface area contributed by atoms with Gasteiger partial charge in [0.1, 0.15) is 0 Å². The van der Waals surface area contributed by atoms with Gasteiger partial charge in [0.05, 0.1) is 23.9 Å². The minimum atomic E-state index is -0.426. The Balaban J connectivity index is 1.59. The molecule has 2 aliphatic carbocycles. The molecule has 1 aromatic rings. The summed E-state index contributed by atoms with van der Waals surface area (Å²) in [5.74, 6) is 0.553. The minimum absolute atomic E-state index is 0.0170. The molecule has 106 valence electrons. The van der Waals surface area contributed by atoms with E-state index in [0.717, 1.165) is 5.69 Å². The van der Waals surface area contributed by atoms with Gasteiger partial charge < -0.3 is 9.84 Å². The summed E-state index contributed by atoms with van der Waals surface area (Å²) in [5, 5.41) is 14.9. The Morgan fingerprint density at radius 3 is 2.74 bits per heavy atom. The van der Waals surface area contributed by atoms with Crippen LogP contribution in [0.5, 0.6) is 0 Å². The zero-order chi connectivity index (χ0) is 13.2. The van der Waals surface area contributed by atoms with Crippen LogP contribution in [-0.4, -0.2) is 34.2 Å². The number of ether oxygens (including phenoxy) is 1. The topological polar surface area (TPSA) is 47.3 Å². The molecule has 0 aliphatic heterocycles. The number of aliphatic hydroxyl groups excluding tert-OH is 1. The fraction of sp³-hybridized carbons (Fsp3) is 0.800. The lowest BCUT2D eigenvalue weighted by molar-refractivity contribution is -0.0242. The Morgan fingerprint density at radius 2 is 2.11 bits per heavy atom. The summed E-state index contributed by atoms with van der Waals surface area (Å²) < 4.78 is 7.52. The van der Waals surface area contributed by atoms with E-state index in [1.165, 1.54) is 38.5 Å². The van der Waals surface area contributed by atoms with Gasteiger partial charge in [-0.15, -0.1) is 0 Å². The van der Waals surface area contributed by atoms with Crippen molar-refractivity contribution >= 4 is 0 Å². The van der Waals surface area contributed by atoms with Crippen LogP contribution in [0.15, 0.2) is 12.3 Å². The number of aliphatic hydroxyl groups is 1. The van der Waals surface area contributed by atoms with Crippen LogP contribution in [0.4, 0.5) is 0 Å². The largest absolute Gasteiger partial charge is 0.390 e. The number of rotatable bonds is 6.